The minimum absolute atomic E-state index is 0.299. The summed E-state index contributed by atoms with van der Waals surface area (Å²) in [5.74, 6) is -0.466. The standard InChI is InChI=1S/C13H10Cl2FNO/c1-13(18,12-5-3-9(16)7-17-12)10-6-8(14)2-4-11(10)15/h2-7,18H,1H3. The van der Waals surface area contributed by atoms with Gasteiger partial charge in [0.1, 0.15) is 11.4 Å². The average Bonchev–Trinajstić information content (AvgIpc) is 2.32. The van der Waals surface area contributed by atoms with Gasteiger partial charge in [0.05, 0.1) is 11.9 Å². The molecule has 94 valence electrons. The molecule has 18 heavy (non-hydrogen) atoms. The number of aromatic nitrogens is 1. The summed E-state index contributed by atoms with van der Waals surface area (Å²) in [4.78, 5) is 3.87. The van der Waals surface area contributed by atoms with Crippen LogP contribution in [-0.4, -0.2) is 10.1 Å². The van der Waals surface area contributed by atoms with Crippen LogP contribution in [0, 0.1) is 5.82 Å². The molecule has 5 heteroatoms. The fourth-order valence-corrected chi connectivity index (χ4v) is 2.15. The Morgan fingerprint density at radius 2 is 1.94 bits per heavy atom. The number of aliphatic hydroxyl groups is 1. The average molecular weight is 286 g/mol. The van der Waals surface area contributed by atoms with Gasteiger partial charge >= 0.3 is 0 Å². The molecule has 1 heterocycles. The normalized spacial score (nSPS) is 14.3. The van der Waals surface area contributed by atoms with Crippen LogP contribution in [-0.2, 0) is 5.60 Å². The second-order valence-electron chi connectivity index (χ2n) is 4.06. The predicted molar refractivity (Wildman–Crippen MR) is 69.3 cm³/mol. The molecule has 1 atom stereocenters. The van der Waals surface area contributed by atoms with Gasteiger partial charge in [-0.25, -0.2) is 4.39 Å². The second-order valence-corrected chi connectivity index (χ2v) is 4.90. The summed E-state index contributed by atoms with van der Waals surface area (Å²) in [5.41, 5.74) is -0.709. The van der Waals surface area contributed by atoms with Crippen LogP contribution in [0.15, 0.2) is 36.5 Å². The Bertz CT molecular complexity index is 570. The summed E-state index contributed by atoms with van der Waals surface area (Å²) in [6, 6.07) is 7.43. The number of benzene rings is 1. The van der Waals surface area contributed by atoms with E-state index in [1.54, 1.807) is 18.2 Å². The monoisotopic (exact) mass is 285 g/mol. The van der Waals surface area contributed by atoms with Gasteiger partial charge in [-0.1, -0.05) is 23.2 Å². The van der Waals surface area contributed by atoms with Crippen LogP contribution in [0.25, 0.3) is 0 Å². The zero-order valence-corrected chi connectivity index (χ0v) is 11.0. The second kappa shape index (κ2) is 4.84. The highest BCUT2D eigenvalue weighted by Gasteiger charge is 2.29. The van der Waals surface area contributed by atoms with Gasteiger partial charge < -0.3 is 5.11 Å². The van der Waals surface area contributed by atoms with Crippen LogP contribution >= 0.6 is 23.2 Å². The van der Waals surface area contributed by atoms with Crippen molar-refractivity contribution in [3.8, 4) is 0 Å². The number of rotatable bonds is 2. The topological polar surface area (TPSA) is 33.1 Å². The zero-order chi connectivity index (χ0) is 13.3. The van der Waals surface area contributed by atoms with Gasteiger partial charge in [-0.2, -0.15) is 0 Å². The maximum Gasteiger partial charge on any atom is 0.141 e. The lowest BCUT2D eigenvalue weighted by Crippen LogP contribution is -2.24. The van der Waals surface area contributed by atoms with Crippen molar-refractivity contribution < 1.29 is 9.50 Å². The molecule has 0 aliphatic heterocycles. The minimum Gasteiger partial charge on any atom is -0.379 e. The fraction of sp³-hybridized carbons (Fsp3) is 0.154. The van der Waals surface area contributed by atoms with Crippen LogP contribution in [0.2, 0.25) is 10.0 Å². The van der Waals surface area contributed by atoms with Crippen LogP contribution < -0.4 is 0 Å². The van der Waals surface area contributed by atoms with Crippen LogP contribution in [0.3, 0.4) is 0 Å². The van der Waals surface area contributed by atoms with E-state index in [-0.39, 0.29) is 0 Å². The van der Waals surface area contributed by atoms with Crippen molar-refractivity contribution in [2.45, 2.75) is 12.5 Å². The van der Waals surface area contributed by atoms with Crippen LogP contribution in [0.5, 0.6) is 0 Å². The summed E-state index contributed by atoms with van der Waals surface area (Å²) in [6.45, 7) is 1.53. The first-order valence-corrected chi connectivity index (χ1v) is 5.97. The van der Waals surface area contributed by atoms with E-state index in [9.17, 15) is 9.50 Å². The van der Waals surface area contributed by atoms with Crippen molar-refractivity contribution in [3.63, 3.8) is 0 Å². The molecule has 2 rings (SSSR count). The number of hydrogen-bond acceptors (Lipinski definition) is 2. The summed E-state index contributed by atoms with van der Waals surface area (Å²) < 4.78 is 12.8. The van der Waals surface area contributed by atoms with Gasteiger partial charge in [0.25, 0.3) is 0 Å². The Hall–Kier alpha value is -1.16. The molecule has 1 N–H and O–H groups in total. The maximum absolute atomic E-state index is 12.8. The lowest BCUT2D eigenvalue weighted by atomic mass is 9.92. The molecule has 0 saturated heterocycles. The minimum atomic E-state index is -1.43. The van der Waals surface area contributed by atoms with Gasteiger partial charge in [-0.15, -0.1) is 0 Å². The first kappa shape index (κ1) is 13.3. The van der Waals surface area contributed by atoms with E-state index >= 15 is 0 Å². The van der Waals surface area contributed by atoms with Crippen LogP contribution in [0.1, 0.15) is 18.2 Å². The Balaban J connectivity index is 2.53. The maximum atomic E-state index is 12.8. The van der Waals surface area contributed by atoms with E-state index in [1.807, 2.05) is 0 Å². The van der Waals surface area contributed by atoms with Crippen molar-refractivity contribution in [1.29, 1.82) is 0 Å². The number of hydrogen-bond donors (Lipinski definition) is 1. The Morgan fingerprint density at radius 1 is 1.22 bits per heavy atom. The lowest BCUT2D eigenvalue weighted by Gasteiger charge is -2.24. The molecular formula is C13H10Cl2FNO. The molecule has 0 radical (unpaired) electrons. The molecule has 2 nitrogen and oxygen atoms in total. The van der Waals surface area contributed by atoms with E-state index in [0.29, 0.717) is 21.3 Å². The number of nitrogens with zero attached hydrogens (tertiary/aromatic N) is 1. The van der Waals surface area contributed by atoms with Crippen LogP contribution in [0.4, 0.5) is 4.39 Å². The van der Waals surface area contributed by atoms with Gasteiger partial charge in [0, 0.05) is 15.6 Å². The molecule has 0 amide bonds. The molecule has 0 aliphatic carbocycles. The molecule has 0 fully saturated rings. The molecule has 0 saturated carbocycles. The molecule has 2 aromatic rings. The number of halogens is 3. The Kier molecular flexibility index (Phi) is 3.57. The predicted octanol–water partition coefficient (Wildman–Crippen LogP) is 3.78. The molecule has 1 unspecified atom stereocenters. The molecular weight excluding hydrogens is 276 g/mol. The first-order chi connectivity index (χ1) is 8.41. The molecule has 1 aromatic heterocycles. The molecule has 1 aromatic carbocycles. The Morgan fingerprint density at radius 3 is 2.56 bits per heavy atom. The van der Waals surface area contributed by atoms with Gasteiger partial charge in [-0.3, -0.25) is 4.98 Å². The SMILES string of the molecule is CC(O)(c1ccc(F)cn1)c1cc(Cl)ccc1Cl. The number of pyridine rings is 1. The third kappa shape index (κ3) is 2.48. The summed E-state index contributed by atoms with van der Waals surface area (Å²) in [6.07, 6.45) is 1.04. The highest BCUT2D eigenvalue weighted by molar-refractivity contribution is 6.33. The van der Waals surface area contributed by atoms with E-state index in [4.69, 9.17) is 23.2 Å². The molecule has 0 aliphatic rings. The highest BCUT2D eigenvalue weighted by atomic mass is 35.5. The van der Waals surface area contributed by atoms with Crippen molar-refractivity contribution in [2.75, 3.05) is 0 Å². The summed E-state index contributed by atoms with van der Waals surface area (Å²) >= 11 is 11.9. The summed E-state index contributed by atoms with van der Waals surface area (Å²) in [7, 11) is 0. The summed E-state index contributed by atoms with van der Waals surface area (Å²) in [5, 5.41) is 11.4. The third-order valence-electron chi connectivity index (χ3n) is 2.68. The smallest absolute Gasteiger partial charge is 0.141 e. The van der Waals surface area contributed by atoms with Crippen molar-refractivity contribution in [1.82, 2.24) is 4.98 Å². The molecule has 0 spiro atoms. The fourth-order valence-electron chi connectivity index (χ4n) is 1.67. The first-order valence-electron chi connectivity index (χ1n) is 5.21. The van der Waals surface area contributed by atoms with Gasteiger partial charge in [0.2, 0.25) is 0 Å². The highest BCUT2D eigenvalue weighted by Crippen LogP contribution is 2.34. The van der Waals surface area contributed by atoms with E-state index < -0.39 is 11.4 Å². The van der Waals surface area contributed by atoms with Crippen molar-refractivity contribution in [2.24, 2.45) is 0 Å². The van der Waals surface area contributed by atoms with E-state index in [2.05, 4.69) is 4.98 Å². The van der Waals surface area contributed by atoms with E-state index in [1.165, 1.54) is 19.1 Å². The van der Waals surface area contributed by atoms with Gasteiger partial charge in [-0.05, 0) is 37.3 Å². The zero-order valence-electron chi connectivity index (χ0n) is 9.49. The largest absolute Gasteiger partial charge is 0.379 e. The quantitative estimate of drug-likeness (QED) is 0.911. The molecule has 0 bridgehead atoms. The van der Waals surface area contributed by atoms with Crippen molar-refractivity contribution in [3.05, 3.63) is 63.6 Å². The lowest BCUT2D eigenvalue weighted by molar-refractivity contribution is 0.0974. The van der Waals surface area contributed by atoms with E-state index in [0.717, 1.165) is 6.20 Å². The third-order valence-corrected chi connectivity index (χ3v) is 3.24. The van der Waals surface area contributed by atoms with Gasteiger partial charge in [0.15, 0.2) is 0 Å². The Labute approximate surface area is 114 Å². The van der Waals surface area contributed by atoms with Crippen molar-refractivity contribution >= 4 is 23.2 Å².